The quantitative estimate of drug-likeness (QED) is 0.863. The Labute approximate surface area is 103 Å². The molecule has 1 aromatic heterocycles. The lowest BCUT2D eigenvalue weighted by Gasteiger charge is -2.33. The number of rotatable bonds is 4. The molecular formula is C13H22N4. The van der Waals surface area contributed by atoms with E-state index in [1.807, 2.05) is 12.1 Å². The second kappa shape index (κ2) is 5.96. The summed E-state index contributed by atoms with van der Waals surface area (Å²) in [5.41, 5.74) is 0. The summed E-state index contributed by atoms with van der Waals surface area (Å²) in [4.78, 5) is 2.33. The summed E-state index contributed by atoms with van der Waals surface area (Å²) in [6.45, 7) is 6.59. The van der Waals surface area contributed by atoms with Crippen molar-refractivity contribution in [2.24, 2.45) is 0 Å². The zero-order valence-corrected chi connectivity index (χ0v) is 10.8. The van der Waals surface area contributed by atoms with Gasteiger partial charge in [-0.25, -0.2) is 0 Å². The Morgan fingerprint density at radius 3 is 2.94 bits per heavy atom. The van der Waals surface area contributed by atoms with E-state index in [1.165, 1.54) is 19.3 Å². The summed E-state index contributed by atoms with van der Waals surface area (Å²) in [6.07, 6.45) is 5.64. The van der Waals surface area contributed by atoms with Crippen LogP contribution in [-0.2, 0) is 0 Å². The molecule has 0 radical (unpaired) electrons. The van der Waals surface area contributed by atoms with Crippen LogP contribution in [-0.4, -0.2) is 35.4 Å². The summed E-state index contributed by atoms with van der Waals surface area (Å²) in [7, 11) is 0. The molecule has 4 heteroatoms. The van der Waals surface area contributed by atoms with Gasteiger partial charge in [0.2, 0.25) is 0 Å². The molecule has 1 fully saturated rings. The first-order valence-electron chi connectivity index (χ1n) is 6.55. The molecule has 1 unspecified atom stereocenters. The number of nitrogens with one attached hydrogen (secondary N) is 1. The van der Waals surface area contributed by atoms with Gasteiger partial charge in [0.25, 0.3) is 0 Å². The van der Waals surface area contributed by atoms with Gasteiger partial charge in [-0.05, 0) is 45.4 Å². The van der Waals surface area contributed by atoms with Crippen LogP contribution in [0.5, 0.6) is 0 Å². The fourth-order valence-electron chi connectivity index (χ4n) is 2.33. The van der Waals surface area contributed by atoms with E-state index in [0.717, 1.165) is 18.9 Å². The molecule has 1 N–H and O–H groups in total. The number of hydrogen-bond acceptors (Lipinski definition) is 4. The molecule has 17 heavy (non-hydrogen) atoms. The molecule has 2 heterocycles. The van der Waals surface area contributed by atoms with E-state index in [0.29, 0.717) is 12.1 Å². The zero-order chi connectivity index (χ0) is 12.1. The molecule has 1 aliphatic heterocycles. The maximum atomic E-state index is 4.21. The van der Waals surface area contributed by atoms with Gasteiger partial charge < -0.3 is 10.2 Å². The van der Waals surface area contributed by atoms with Crippen molar-refractivity contribution in [1.82, 2.24) is 15.5 Å². The Kier molecular flexibility index (Phi) is 4.31. The van der Waals surface area contributed by atoms with E-state index >= 15 is 0 Å². The molecule has 0 bridgehead atoms. The van der Waals surface area contributed by atoms with Crippen molar-refractivity contribution in [1.29, 1.82) is 0 Å². The van der Waals surface area contributed by atoms with Gasteiger partial charge in [-0.3, -0.25) is 0 Å². The third-order valence-electron chi connectivity index (χ3n) is 3.31. The zero-order valence-electron chi connectivity index (χ0n) is 10.8. The standard InChI is InChI=1S/C13H22N4/c1-11(2)17(13-7-5-9-15-16-13)10-12-6-3-4-8-14-12/h5,7,9,11-12,14H,3-4,6,8,10H2,1-2H3. The summed E-state index contributed by atoms with van der Waals surface area (Å²) in [5, 5.41) is 11.8. The fraction of sp³-hybridized carbons (Fsp3) is 0.692. The Bertz CT molecular complexity index is 319. The highest BCUT2D eigenvalue weighted by Gasteiger charge is 2.19. The summed E-state index contributed by atoms with van der Waals surface area (Å²) in [5.74, 6) is 0.981. The molecule has 4 nitrogen and oxygen atoms in total. The van der Waals surface area contributed by atoms with Crippen LogP contribution in [0.25, 0.3) is 0 Å². The highest BCUT2D eigenvalue weighted by molar-refractivity contribution is 5.37. The van der Waals surface area contributed by atoms with Crippen LogP contribution in [0.15, 0.2) is 18.3 Å². The number of piperidine rings is 1. The number of anilines is 1. The van der Waals surface area contributed by atoms with Crippen molar-refractivity contribution in [2.45, 2.75) is 45.2 Å². The Balaban J connectivity index is 2.02. The van der Waals surface area contributed by atoms with Gasteiger partial charge in [0.05, 0.1) is 0 Å². The monoisotopic (exact) mass is 234 g/mol. The molecule has 2 rings (SSSR count). The third-order valence-corrected chi connectivity index (χ3v) is 3.31. The van der Waals surface area contributed by atoms with Gasteiger partial charge in [-0.15, -0.1) is 5.10 Å². The number of aromatic nitrogens is 2. The maximum absolute atomic E-state index is 4.21. The van der Waals surface area contributed by atoms with Gasteiger partial charge in [0, 0.05) is 24.8 Å². The molecule has 1 atom stereocenters. The van der Waals surface area contributed by atoms with Crippen molar-refractivity contribution in [3.8, 4) is 0 Å². The van der Waals surface area contributed by atoms with Gasteiger partial charge in [-0.2, -0.15) is 5.10 Å². The molecule has 0 aliphatic carbocycles. The highest BCUT2D eigenvalue weighted by atomic mass is 15.3. The van der Waals surface area contributed by atoms with Crippen molar-refractivity contribution < 1.29 is 0 Å². The molecule has 0 amide bonds. The summed E-state index contributed by atoms with van der Waals surface area (Å²) in [6, 6.07) is 5.03. The van der Waals surface area contributed by atoms with Crippen LogP contribution < -0.4 is 10.2 Å². The molecule has 0 aromatic carbocycles. The lowest BCUT2D eigenvalue weighted by molar-refractivity contribution is 0.392. The first kappa shape index (κ1) is 12.3. The predicted octanol–water partition coefficient (Wildman–Crippen LogP) is 1.83. The normalized spacial score (nSPS) is 20.5. The first-order chi connectivity index (χ1) is 8.27. The average Bonchev–Trinajstić information content (AvgIpc) is 2.38. The molecule has 1 saturated heterocycles. The van der Waals surface area contributed by atoms with Crippen LogP contribution >= 0.6 is 0 Å². The van der Waals surface area contributed by atoms with Crippen molar-refractivity contribution in [3.05, 3.63) is 18.3 Å². The van der Waals surface area contributed by atoms with E-state index in [1.54, 1.807) is 6.20 Å². The van der Waals surface area contributed by atoms with Crippen molar-refractivity contribution >= 4 is 5.82 Å². The molecule has 1 aromatic rings. The maximum Gasteiger partial charge on any atom is 0.151 e. The minimum absolute atomic E-state index is 0.454. The van der Waals surface area contributed by atoms with E-state index in [2.05, 4.69) is 34.3 Å². The smallest absolute Gasteiger partial charge is 0.151 e. The summed E-state index contributed by atoms with van der Waals surface area (Å²) >= 11 is 0. The van der Waals surface area contributed by atoms with E-state index in [9.17, 15) is 0 Å². The Morgan fingerprint density at radius 1 is 1.47 bits per heavy atom. The van der Waals surface area contributed by atoms with E-state index in [4.69, 9.17) is 0 Å². The second-order valence-electron chi connectivity index (χ2n) is 4.97. The lowest BCUT2D eigenvalue weighted by Crippen LogP contribution is -2.46. The third kappa shape index (κ3) is 3.40. The molecular weight excluding hydrogens is 212 g/mol. The van der Waals surface area contributed by atoms with Crippen LogP contribution in [0.1, 0.15) is 33.1 Å². The fourth-order valence-corrected chi connectivity index (χ4v) is 2.33. The van der Waals surface area contributed by atoms with Crippen LogP contribution in [0.2, 0.25) is 0 Å². The molecule has 0 saturated carbocycles. The second-order valence-corrected chi connectivity index (χ2v) is 4.97. The van der Waals surface area contributed by atoms with Crippen LogP contribution in [0.3, 0.4) is 0 Å². The number of nitrogens with zero attached hydrogens (tertiary/aromatic N) is 3. The van der Waals surface area contributed by atoms with Gasteiger partial charge in [-0.1, -0.05) is 6.42 Å². The largest absolute Gasteiger partial charge is 0.351 e. The topological polar surface area (TPSA) is 41.0 Å². The summed E-state index contributed by atoms with van der Waals surface area (Å²) < 4.78 is 0. The van der Waals surface area contributed by atoms with Crippen molar-refractivity contribution in [3.63, 3.8) is 0 Å². The minimum Gasteiger partial charge on any atom is -0.351 e. The minimum atomic E-state index is 0.454. The van der Waals surface area contributed by atoms with Crippen LogP contribution in [0.4, 0.5) is 5.82 Å². The first-order valence-corrected chi connectivity index (χ1v) is 6.55. The van der Waals surface area contributed by atoms with Crippen molar-refractivity contribution in [2.75, 3.05) is 18.0 Å². The van der Waals surface area contributed by atoms with Gasteiger partial charge >= 0.3 is 0 Å². The average molecular weight is 234 g/mol. The number of hydrogen-bond donors (Lipinski definition) is 1. The Hall–Kier alpha value is -1.16. The Morgan fingerprint density at radius 2 is 2.35 bits per heavy atom. The lowest BCUT2D eigenvalue weighted by atomic mass is 10.0. The van der Waals surface area contributed by atoms with Gasteiger partial charge in [0.1, 0.15) is 0 Å². The van der Waals surface area contributed by atoms with Gasteiger partial charge in [0.15, 0.2) is 5.82 Å². The van der Waals surface area contributed by atoms with E-state index < -0.39 is 0 Å². The molecule has 0 spiro atoms. The predicted molar refractivity (Wildman–Crippen MR) is 70.2 cm³/mol. The molecule has 94 valence electrons. The molecule has 1 aliphatic rings. The SMILES string of the molecule is CC(C)N(CC1CCCCN1)c1cccnn1. The highest BCUT2D eigenvalue weighted by Crippen LogP contribution is 2.16. The van der Waals surface area contributed by atoms with Crippen LogP contribution in [0, 0.1) is 0 Å². The van der Waals surface area contributed by atoms with E-state index in [-0.39, 0.29) is 0 Å².